The number of carbonyl (C=O) groups is 4. The van der Waals surface area contributed by atoms with Gasteiger partial charge < -0.3 is 49.4 Å². The third-order valence-corrected chi connectivity index (χ3v) is 11.7. The summed E-state index contributed by atoms with van der Waals surface area (Å²) in [5.74, 6) is -8.18. The van der Waals surface area contributed by atoms with Crippen LogP contribution in [0.4, 0.5) is 5.69 Å². The van der Waals surface area contributed by atoms with Crippen LogP contribution in [0, 0.1) is 30.6 Å². The van der Waals surface area contributed by atoms with E-state index in [0.717, 1.165) is 0 Å². The predicted octanol–water partition coefficient (Wildman–Crippen LogP) is 5.14. The number of benzene rings is 2. The number of esters is 1. The largest absolute Gasteiger partial charge is 0.507 e. The number of phenols is 2. The maximum atomic E-state index is 14.5. The van der Waals surface area contributed by atoms with Crippen LogP contribution in [0.1, 0.15) is 78.2 Å². The molecule has 3 heterocycles. The number of nitrogens with one attached hydrogen (secondary N) is 1. The summed E-state index contributed by atoms with van der Waals surface area (Å²) in [5, 5.41) is 51.7. The number of ether oxygens (including phenoxy) is 5. The van der Waals surface area contributed by atoms with Gasteiger partial charge in [0.05, 0.1) is 41.2 Å². The zero-order chi connectivity index (χ0) is 45.0. The van der Waals surface area contributed by atoms with Crippen LogP contribution >= 0.6 is 0 Å². The van der Waals surface area contributed by atoms with Crippen molar-refractivity contribution in [2.24, 2.45) is 23.7 Å². The number of amides is 2. The topological polar surface area (TPSA) is 214 Å². The van der Waals surface area contributed by atoms with Gasteiger partial charge in [-0.15, -0.1) is 0 Å². The number of anilines is 1. The van der Waals surface area contributed by atoms with Crippen LogP contribution in [0.25, 0.3) is 10.8 Å². The van der Waals surface area contributed by atoms with Crippen LogP contribution in [0.5, 0.6) is 23.0 Å². The molecule has 2 amide bonds. The van der Waals surface area contributed by atoms with E-state index >= 15 is 0 Å². The van der Waals surface area contributed by atoms with Gasteiger partial charge in [0.1, 0.15) is 23.4 Å². The number of rotatable bonds is 8. The minimum Gasteiger partial charge on any atom is -0.507 e. The molecule has 0 saturated heterocycles. The maximum absolute atomic E-state index is 14.5. The molecular formula is C44H61N3O13. The van der Waals surface area contributed by atoms with Crippen molar-refractivity contribution in [3.05, 3.63) is 53.3 Å². The number of aliphatic hydroxyl groups excluding tert-OH is 2. The van der Waals surface area contributed by atoms with Gasteiger partial charge in [-0.05, 0) is 19.9 Å². The van der Waals surface area contributed by atoms with Crippen molar-refractivity contribution in [3.63, 3.8) is 0 Å². The molecule has 16 heteroatoms. The van der Waals surface area contributed by atoms with Gasteiger partial charge in [0.25, 0.3) is 17.6 Å². The average molecular weight is 840 g/mol. The Kier molecular flexibility index (Phi) is 15.4. The summed E-state index contributed by atoms with van der Waals surface area (Å²) in [7, 11) is 3.03. The molecule has 3 aliphatic rings. The number of methoxy groups -OCH3 is 1. The second kappa shape index (κ2) is 19.5. The van der Waals surface area contributed by atoms with Crippen molar-refractivity contribution in [1.82, 2.24) is 10.0 Å². The fourth-order valence-electron chi connectivity index (χ4n) is 7.79. The van der Waals surface area contributed by atoms with E-state index in [-0.39, 0.29) is 44.7 Å². The minimum absolute atomic E-state index is 0.0652. The van der Waals surface area contributed by atoms with Gasteiger partial charge in [0.2, 0.25) is 0 Å². The molecule has 0 spiro atoms. The Morgan fingerprint density at radius 3 is 2.20 bits per heavy atom. The lowest BCUT2D eigenvalue weighted by atomic mass is 9.78. The van der Waals surface area contributed by atoms with Gasteiger partial charge >= 0.3 is 11.8 Å². The lowest BCUT2D eigenvalue weighted by molar-refractivity contribution is -0.160. The second-order valence-electron chi connectivity index (χ2n) is 15.7. The first-order valence-corrected chi connectivity index (χ1v) is 20.2. The number of likely N-dealkylation sites (N-methyl/N-ethyl adjacent to an activating group) is 1. The second-order valence-corrected chi connectivity index (χ2v) is 15.7. The molecule has 2 aromatic rings. The van der Waals surface area contributed by atoms with Crippen molar-refractivity contribution in [3.8, 4) is 23.0 Å². The molecule has 3 aliphatic heterocycles. The highest BCUT2D eigenvalue weighted by Gasteiger charge is 2.50. The molecule has 330 valence electrons. The Morgan fingerprint density at radius 1 is 0.950 bits per heavy atom. The minimum atomic E-state index is -2.03. The van der Waals surface area contributed by atoms with E-state index in [9.17, 15) is 39.6 Å². The normalized spacial score (nSPS) is 29.6. The highest BCUT2D eigenvalue weighted by atomic mass is 16.7. The molecule has 0 radical (unpaired) electrons. The number of phenolic OH excluding ortho intramolecular Hbond substituents is 2. The molecule has 5 N–H and O–H groups in total. The number of fused-ring (bicyclic) bond motifs is 14. The molecule has 0 aromatic heterocycles. The first-order valence-electron chi connectivity index (χ1n) is 20.2. The summed E-state index contributed by atoms with van der Waals surface area (Å²) in [5.41, 5.74) is -0.0401. The third kappa shape index (κ3) is 9.57. The smallest absolute Gasteiger partial charge is 0.312 e. The van der Waals surface area contributed by atoms with Gasteiger partial charge in [-0.1, -0.05) is 59.8 Å². The molecule has 9 unspecified atom stereocenters. The van der Waals surface area contributed by atoms with Gasteiger partial charge in [0.15, 0.2) is 12.4 Å². The fourth-order valence-corrected chi connectivity index (χ4v) is 7.79. The van der Waals surface area contributed by atoms with E-state index in [0.29, 0.717) is 13.1 Å². The Morgan fingerprint density at radius 2 is 1.60 bits per heavy atom. The standard InChI is InChI=1S/C44H61N3O13/c1-13-47(14-2)46(11)32(49)21-57-31-20-29-39(53)34-33(31)35-41(27(8)38(34)52)60-44(10,42(35)54)58-19-18-30(56-12)24(5)40(59-28(9)48)26(7)37(51)25(6)36(50)22(3)16-15-17-23(4)43(55)45-29/h15-20,22,24-26,30,36-37,40,50-53H,13-14,21H2,1-12H3,(H,45,55)/b16-15-,19-18-,23-17+. The maximum Gasteiger partial charge on any atom is 0.312 e. The van der Waals surface area contributed by atoms with Crippen LogP contribution < -0.4 is 14.8 Å². The first-order chi connectivity index (χ1) is 28.1. The Hall–Kier alpha value is -5.16. The summed E-state index contributed by atoms with van der Waals surface area (Å²) in [6.45, 7) is 16.9. The lowest BCUT2D eigenvalue weighted by Gasteiger charge is -2.38. The summed E-state index contributed by atoms with van der Waals surface area (Å²) in [4.78, 5) is 53.8. The van der Waals surface area contributed by atoms with Crippen LogP contribution in [-0.4, -0.2) is 118 Å². The fraction of sp³-hybridized carbons (Fsp3) is 0.545. The van der Waals surface area contributed by atoms with Crippen molar-refractivity contribution < 1.29 is 63.3 Å². The van der Waals surface area contributed by atoms with Crippen molar-refractivity contribution in [1.29, 1.82) is 0 Å². The molecule has 0 aliphatic carbocycles. The molecule has 2 aromatic carbocycles. The number of allylic oxidation sites excluding steroid dienone is 2. The van der Waals surface area contributed by atoms with Crippen molar-refractivity contribution in [2.45, 2.75) is 99.4 Å². The molecule has 5 bridgehead atoms. The van der Waals surface area contributed by atoms with Gasteiger partial charge in [-0.3, -0.25) is 24.2 Å². The van der Waals surface area contributed by atoms with E-state index < -0.39 is 95.5 Å². The molecule has 5 rings (SSSR count). The number of hydrogen-bond acceptors (Lipinski definition) is 14. The number of hydrazine groups is 1. The number of aromatic hydroxyl groups is 2. The number of carbonyl (C=O) groups excluding carboxylic acids is 4. The molecule has 0 fully saturated rings. The Labute approximate surface area is 351 Å². The molecule has 9 atom stereocenters. The van der Waals surface area contributed by atoms with Gasteiger partial charge in [-0.2, -0.15) is 0 Å². The zero-order valence-corrected chi connectivity index (χ0v) is 36.6. The number of ketones is 1. The Balaban J connectivity index is 1.94. The number of hydrogen-bond donors (Lipinski definition) is 5. The van der Waals surface area contributed by atoms with Crippen LogP contribution in [0.2, 0.25) is 0 Å². The average Bonchev–Trinajstić information content (AvgIpc) is 3.48. The monoisotopic (exact) mass is 839 g/mol. The summed E-state index contributed by atoms with van der Waals surface area (Å²) < 4.78 is 29.8. The summed E-state index contributed by atoms with van der Waals surface area (Å²) >= 11 is 0. The predicted molar refractivity (Wildman–Crippen MR) is 223 cm³/mol. The molecule has 16 nitrogen and oxygen atoms in total. The van der Waals surface area contributed by atoms with Gasteiger partial charge in [0, 0.05) is 87.4 Å². The van der Waals surface area contributed by atoms with E-state index in [1.807, 2.05) is 13.8 Å². The van der Waals surface area contributed by atoms with Crippen LogP contribution in [0.3, 0.4) is 0 Å². The van der Waals surface area contributed by atoms with Crippen molar-refractivity contribution >= 4 is 40.0 Å². The highest BCUT2D eigenvalue weighted by molar-refractivity contribution is 6.21. The third-order valence-electron chi connectivity index (χ3n) is 11.7. The number of Topliss-reactive ketones (excluding diaryl/α,β-unsaturated/α-hetero) is 1. The van der Waals surface area contributed by atoms with Crippen LogP contribution in [-0.2, 0) is 28.6 Å². The van der Waals surface area contributed by atoms with Gasteiger partial charge in [-0.25, -0.2) is 5.01 Å². The lowest BCUT2D eigenvalue weighted by Crippen LogP contribution is -2.46. The van der Waals surface area contributed by atoms with E-state index in [4.69, 9.17) is 23.7 Å². The quantitative estimate of drug-likeness (QED) is 0.132. The SMILES string of the molecule is CCN(CC)N(C)C(=O)COc1cc2c(O)c3c(O)c(C)c4c(c13)C(=O)C(C)(O/C=C\C(OC)C(C)C(OC(C)=O)C(C)C(O)C(C)C(O)C(C)/C=C\C=C(/C)C(=O)N2)O4. The highest BCUT2D eigenvalue weighted by Crippen LogP contribution is 2.54. The van der Waals surface area contributed by atoms with E-state index in [1.54, 1.807) is 51.9 Å². The number of aliphatic hydroxyl groups is 2. The molecule has 0 saturated carbocycles. The van der Waals surface area contributed by atoms with E-state index in [1.165, 1.54) is 64.3 Å². The molecule has 60 heavy (non-hydrogen) atoms. The summed E-state index contributed by atoms with van der Waals surface area (Å²) in [6, 6.07) is 1.26. The molecular weight excluding hydrogens is 778 g/mol. The zero-order valence-electron chi connectivity index (χ0n) is 36.6. The Bertz CT molecular complexity index is 2040. The van der Waals surface area contributed by atoms with Crippen LogP contribution in [0.15, 0.2) is 42.2 Å². The summed E-state index contributed by atoms with van der Waals surface area (Å²) in [6.07, 6.45) is 3.57. The van der Waals surface area contributed by atoms with E-state index in [2.05, 4.69) is 5.32 Å². The number of nitrogens with zero attached hydrogens (tertiary/aromatic N) is 2. The first kappa shape index (κ1) is 47.5. The van der Waals surface area contributed by atoms with Crippen molar-refractivity contribution in [2.75, 3.05) is 39.2 Å².